The SMILES string of the molecule is CNCc1cnc(-c2nccn2C)nc1. The maximum absolute atomic E-state index is 4.27. The van der Waals surface area contributed by atoms with Gasteiger partial charge in [-0.25, -0.2) is 15.0 Å². The zero-order valence-corrected chi connectivity index (χ0v) is 8.81. The molecule has 0 aliphatic heterocycles. The van der Waals surface area contributed by atoms with Gasteiger partial charge in [-0.05, 0) is 7.05 Å². The summed E-state index contributed by atoms with van der Waals surface area (Å²) >= 11 is 0. The molecule has 2 heterocycles. The van der Waals surface area contributed by atoms with Crippen molar-refractivity contribution in [2.45, 2.75) is 6.54 Å². The fourth-order valence-corrected chi connectivity index (χ4v) is 1.35. The summed E-state index contributed by atoms with van der Waals surface area (Å²) < 4.78 is 1.90. The van der Waals surface area contributed by atoms with Gasteiger partial charge in [-0.1, -0.05) is 0 Å². The highest BCUT2D eigenvalue weighted by molar-refractivity contribution is 5.43. The Morgan fingerprint density at radius 3 is 2.53 bits per heavy atom. The molecule has 1 N–H and O–H groups in total. The van der Waals surface area contributed by atoms with Crippen LogP contribution in [0.15, 0.2) is 24.8 Å². The molecule has 0 saturated heterocycles. The standard InChI is InChI=1S/C10H13N5/c1-11-5-8-6-13-9(14-7-8)10-12-3-4-15(10)2/h3-4,6-7,11H,5H2,1-2H3. The summed E-state index contributed by atoms with van der Waals surface area (Å²) in [5, 5.41) is 3.05. The quantitative estimate of drug-likeness (QED) is 0.793. The molecule has 2 rings (SSSR count). The Bertz CT molecular complexity index is 431. The summed E-state index contributed by atoms with van der Waals surface area (Å²) in [6.45, 7) is 0.779. The lowest BCUT2D eigenvalue weighted by Crippen LogP contribution is -2.06. The van der Waals surface area contributed by atoms with Gasteiger partial charge in [-0.2, -0.15) is 0 Å². The molecule has 0 saturated carbocycles. The minimum absolute atomic E-state index is 0.655. The number of nitrogens with zero attached hydrogens (tertiary/aromatic N) is 4. The van der Waals surface area contributed by atoms with E-state index in [4.69, 9.17) is 0 Å². The summed E-state index contributed by atoms with van der Waals surface area (Å²) in [7, 11) is 3.82. The number of imidazole rings is 1. The molecule has 0 unspecified atom stereocenters. The number of nitrogens with one attached hydrogen (secondary N) is 1. The minimum Gasteiger partial charge on any atom is -0.331 e. The molecular weight excluding hydrogens is 190 g/mol. The fourth-order valence-electron chi connectivity index (χ4n) is 1.35. The molecular formula is C10H13N5. The van der Waals surface area contributed by atoms with Gasteiger partial charge in [0.15, 0.2) is 11.6 Å². The first-order chi connectivity index (χ1) is 7.31. The Morgan fingerprint density at radius 1 is 1.27 bits per heavy atom. The molecule has 0 bridgehead atoms. The zero-order chi connectivity index (χ0) is 10.7. The lowest BCUT2D eigenvalue weighted by molar-refractivity contribution is 0.805. The number of aromatic nitrogens is 4. The predicted octanol–water partition coefficient (Wildman–Crippen LogP) is 0.596. The first-order valence-corrected chi connectivity index (χ1v) is 4.74. The number of aryl methyl sites for hydroxylation is 1. The van der Waals surface area contributed by atoms with Gasteiger partial charge in [0, 0.05) is 43.9 Å². The predicted molar refractivity (Wildman–Crippen MR) is 57.0 cm³/mol. The molecule has 0 aromatic carbocycles. The highest BCUT2D eigenvalue weighted by Gasteiger charge is 2.05. The van der Waals surface area contributed by atoms with Gasteiger partial charge in [0.05, 0.1) is 0 Å². The average molecular weight is 203 g/mol. The van der Waals surface area contributed by atoms with Crippen LogP contribution < -0.4 is 5.32 Å². The van der Waals surface area contributed by atoms with Gasteiger partial charge in [-0.3, -0.25) is 0 Å². The highest BCUT2D eigenvalue weighted by Crippen LogP contribution is 2.10. The molecule has 5 heteroatoms. The maximum atomic E-state index is 4.27. The van der Waals surface area contributed by atoms with Crippen LogP contribution in [0.3, 0.4) is 0 Å². The van der Waals surface area contributed by atoms with Crippen molar-refractivity contribution < 1.29 is 0 Å². The Balaban J connectivity index is 2.28. The van der Waals surface area contributed by atoms with E-state index in [-0.39, 0.29) is 0 Å². The van der Waals surface area contributed by atoms with E-state index in [1.165, 1.54) is 0 Å². The Hall–Kier alpha value is -1.75. The third kappa shape index (κ3) is 2.02. The van der Waals surface area contributed by atoms with E-state index in [0.29, 0.717) is 5.82 Å². The van der Waals surface area contributed by atoms with Crippen LogP contribution in [-0.4, -0.2) is 26.6 Å². The molecule has 0 aliphatic carbocycles. The molecule has 78 valence electrons. The van der Waals surface area contributed by atoms with Gasteiger partial charge >= 0.3 is 0 Å². The summed E-state index contributed by atoms with van der Waals surface area (Å²) in [6.07, 6.45) is 7.24. The second-order valence-corrected chi connectivity index (χ2v) is 3.31. The van der Waals surface area contributed by atoms with Crippen LogP contribution >= 0.6 is 0 Å². The van der Waals surface area contributed by atoms with Gasteiger partial charge in [0.2, 0.25) is 0 Å². The van der Waals surface area contributed by atoms with Crippen molar-refractivity contribution in [2.75, 3.05) is 7.05 Å². The van der Waals surface area contributed by atoms with Crippen LogP contribution in [0.2, 0.25) is 0 Å². The van der Waals surface area contributed by atoms with Crippen LogP contribution in [0.25, 0.3) is 11.6 Å². The largest absolute Gasteiger partial charge is 0.331 e. The number of hydrogen-bond donors (Lipinski definition) is 1. The van der Waals surface area contributed by atoms with E-state index in [1.54, 1.807) is 6.20 Å². The normalized spacial score (nSPS) is 10.5. The van der Waals surface area contributed by atoms with Crippen LogP contribution in [0.4, 0.5) is 0 Å². The average Bonchev–Trinajstić information content (AvgIpc) is 2.66. The third-order valence-electron chi connectivity index (χ3n) is 2.11. The molecule has 0 amide bonds. The van der Waals surface area contributed by atoms with Crippen LogP contribution in [0.5, 0.6) is 0 Å². The van der Waals surface area contributed by atoms with E-state index in [1.807, 2.05) is 37.3 Å². The maximum Gasteiger partial charge on any atom is 0.195 e. The Morgan fingerprint density at radius 2 is 2.00 bits per heavy atom. The van der Waals surface area contributed by atoms with Crippen molar-refractivity contribution in [2.24, 2.45) is 7.05 Å². The summed E-state index contributed by atoms with van der Waals surface area (Å²) in [5.41, 5.74) is 1.07. The fraction of sp³-hybridized carbons (Fsp3) is 0.300. The van der Waals surface area contributed by atoms with E-state index in [2.05, 4.69) is 20.3 Å². The lowest BCUT2D eigenvalue weighted by atomic mass is 10.3. The monoisotopic (exact) mass is 203 g/mol. The van der Waals surface area contributed by atoms with Gasteiger partial charge in [0.25, 0.3) is 0 Å². The molecule has 0 spiro atoms. The van der Waals surface area contributed by atoms with Crippen molar-refractivity contribution in [3.63, 3.8) is 0 Å². The van der Waals surface area contributed by atoms with Gasteiger partial charge in [-0.15, -0.1) is 0 Å². The first-order valence-electron chi connectivity index (χ1n) is 4.74. The number of hydrogen-bond acceptors (Lipinski definition) is 4. The van der Waals surface area contributed by atoms with E-state index >= 15 is 0 Å². The van der Waals surface area contributed by atoms with E-state index in [9.17, 15) is 0 Å². The van der Waals surface area contributed by atoms with Crippen molar-refractivity contribution >= 4 is 0 Å². The molecule has 15 heavy (non-hydrogen) atoms. The zero-order valence-electron chi connectivity index (χ0n) is 8.81. The second kappa shape index (κ2) is 4.18. The first kappa shape index (κ1) is 9.79. The Kier molecular flexibility index (Phi) is 2.73. The van der Waals surface area contributed by atoms with Crippen molar-refractivity contribution in [1.29, 1.82) is 0 Å². The smallest absolute Gasteiger partial charge is 0.195 e. The van der Waals surface area contributed by atoms with E-state index in [0.717, 1.165) is 17.9 Å². The van der Waals surface area contributed by atoms with Gasteiger partial charge in [0.1, 0.15) is 0 Å². The molecule has 0 fully saturated rings. The van der Waals surface area contributed by atoms with Crippen molar-refractivity contribution in [3.8, 4) is 11.6 Å². The van der Waals surface area contributed by atoms with Crippen molar-refractivity contribution in [1.82, 2.24) is 24.8 Å². The summed E-state index contributed by atoms with van der Waals surface area (Å²) in [4.78, 5) is 12.7. The van der Waals surface area contributed by atoms with Crippen LogP contribution in [-0.2, 0) is 13.6 Å². The number of rotatable bonds is 3. The third-order valence-corrected chi connectivity index (χ3v) is 2.11. The van der Waals surface area contributed by atoms with E-state index < -0.39 is 0 Å². The molecule has 0 radical (unpaired) electrons. The van der Waals surface area contributed by atoms with Crippen LogP contribution in [0, 0.1) is 0 Å². The van der Waals surface area contributed by atoms with Crippen LogP contribution in [0.1, 0.15) is 5.56 Å². The summed E-state index contributed by atoms with van der Waals surface area (Å²) in [6, 6.07) is 0. The molecule has 5 nitrogen and oxygen atoms in total. The highest BCUT2D eigenvalue weighted by atomic mass is 15.1. The molecule has 2 aromatic rings. The molecule has 2 aromatic heterocycles. The second-order valence-electron chi connectivity index (χ2n) is 3.31. The molecule has 0 aliphatic rings. The lowest BCUT2D eigenvalue weighted by Gasteiger charge is -2.01. The van der Waals surface area contributed by atoms with Gasteiger partial charge < -0.3 is 9.88 Å². The minimum atomic E-state index is 0.655. The topological polar surface area (TPSA) is 55.6 Å². The van der Waals surface area contributed by atoms with Crippen molar-refractivity contribution in [3.05, 3.63) is 30.4 Å². The summed E-state index contributed by atoms with van der Waals surface area (Å²) in [5.74, 6) is 1.44. The molecule has 0 atom stereocenters. The Labute approximate surface area is 88.2 Å².